The lowest BCUT2D eigenvalue weighted by molar-refractivity contribution is -0.384. The van der Waals surface area contributed by atoms with E-state index in [4.69, 9.17) is 11.6 Å². The first kappa shape index (κ1) is 22.8. The Morgan fingerprint density at radius 3 is 2.47 bits per heavy atom. The molecule has 0 aliphatic heterocycles. The van der Waals surface area contributed by atoms with Crippen molar-refractivity contribution in [2.24, 2.45) is 5.92 Å². The lowest BCUT2D eigenvalue weighted by Gasteiger charge is -2.19. The van der Waals surface area contributed by atoms with Crippen LogP contribution in [0.3, 0.4) is 0 Å². The van der Waals surface area contributed by atoms with Gasteiger partial charge in [-0.2, -0.15) is 0 Å². The van der Waals surface area contributed by atoms with Gasteiger partial charge in [-0.15, -0.1) is 0 Å². The van der Waals surface area contributed by atoms with Gasteiger partial charge in [0.15, 0.2) is 0 Å². The van der Waals surface area contributed by atoms with E-state index in [1.165, 1.54) is 24.3 Å². The van der Waals surface area contributed by atoms with Crippen LogP contribution in [0.25, 0.3) is 0 Å². The molecule has 158 valence electrons. The predicted molar refractivity (Wildman–Crippen MR) is 110 cm³/mol. The maximum Gasteiger partial charge on any atom is 0.305 e. The van der Waals surface area contributed by atoms with E-state index in [0.29, 0.717) is 5.69 Å². The minimum absolute atomic E-state index is 0.0881. The molecule has 0 fully saturated rings. The molecule has 0 saturated carbocycles. The van der Waals surface area contributed by atoms with Crippen molar-refractivity contribution in [3.63, 3.8) is 0 Å². The second kappa shape index (κ2) is 9.84. The Balaban J connectivity index is 2.31. The summed E-state index contributed by atoms with van der Waals surface area (Å²) in [7, 11) is 0. The maximum atomic E-state index is 12.7. The van der Waals surface area contributed by atoms with Gasteiger partial charge in [-0.25, -0.2) is 0 Å². The SMILES string of the molecule is CC(C)C(=O)Nc1cccc(C(=O)NC(CC(=O)O)c2cc([N+](=O)[O-])ccc2Cl)c1. The van der Waals surface area contributed by atoms with Crippen molar-refractivity contribution in [3.05, 3.63) is 68.7 Å². The molecular weight excluding hydrogens is 414 g/mol. The van der Waals surface area contributed by atoms with Gasteiger partial charge in [0.05, 0.1) is 17.4 Å². The van der Waals surface area contributed by atoms with Crippen molar-refractivity contribution in [3.8, 4) is 0 Å². The van der Waals surface area contributed by atoms with E-state index in [1.807, 2.05) is 0 Å². The summed E-state index contributed by atoms with van der Waals surface area (Å²) in [5, 5.41) is 25.6. The number of carboxylic acid groups (broad SMARTS) is 1. The van der Waals surface area contributed by atoms with Gasteiger partial charge in [0, 0.05) is 39.9 Å². The summed E-state index contributed by atoms with van der Waals surface area (Å²) in [6.45, 7) is 3.45. The van der Waals surface area contributed by atoms with Gasteiger partial charge in [0.1, 0.15) is 0 Å². The molecule has 0 spiro atoms. The number of nitro groups is 1. The normalized spacial score (nSPS) is 11.6. The molecule has 0 heterocycles. The molecule has 30 heavy (non-hydrogen) atoms. The van der Waals surface area contributed by atoms with Gasteiger partial charge in [0.25, 0.3) is 11.6 Å². The molecule has 2 aromatic rings. The second-order valence-electron chi connectivity index (χ2n) is 6.81. The van der Waals surface area contributed by atoms with Crippen LogP contribution < -0.4 is 10.6 Å². The van der Waals surface area contributed by atoms with Gasteiger partial charge in [-0.05, 0) is 24.3 Å². The lowest BCUT2D eigenvalue weighted by atomic mass is 10.0. The van der Waals surface area contributed by atoms with Crippen molar-refractivity contribution in [1.82, 2.24) is 5.32 Å². The highest BCUT2D eigenvalue weighted by molar-refractivity contribution is 6.31. The number of hydrogen-bond acceptors (Lipinski definition) is 5. The molecule has 0 aliphatic rings. The molecule has 1 unspecified atom stereocenters. The fourth-order valence-electron chi connectivity index (χ4n) is 2.59. The van der Waals surface area contributed by atoms with Crippen LogP contribution in [0.5, 0.6) is 0 Å². The smallest absolute Gasteiger partial charge is 0.305 e. The molecule has 10 heteroatoms. The Hall–Kier alpha value is -3.46. The number of nitrogens with one attached hydrogen (secondary N) is 2. The van der Waals surface area contributed by atoms with E-state index in [2.05, 4.69) is 10.6 Å². The Kier molecular flexibility index (Phi) is 7.48. The van der Waals surface area contributed by atoms with Crippen LogP contribution >= 0.6 is 11.6 Å². The number of non-ortho nitro benzene ring substituents is 1. The first-order valence-corrected chi connectivity index (χ1v) is 9.33. The maximum absolute atomic E-state index is 12.7. The van der Waals surface area contributed by atoms with Gasteiger partial charge < -0.3 is 15.7 Å². The molecule has 0 aliphatic carbocycles. The summed E-state index contributed by atoms with van der Waals surface area (Å²) < 4.78 is 0. The largest absolute Gasteiger partial charge is 0.481 e. The van der Waals surface area contributed by atoms with Crippen molar-refractivity contribution >= 4 is 40.8 Å². The number of carbonyl (C=O) groups is 3. The predicted octanol–water partition coefficient (Wildman–Crippen LogP) is 3.79. The number of hydrogen-bond donors (Lipinski definition) is 3. The van der Waals surface area contributed by atoms with Gasteiger partial charge in [-0.1, -0.05) is 31.5 Å². The Labute approximate surface area is 177 Å². The number of nitrogens with zero attached hydrogens (tertiary/aromatic N) is 1. The summed E-state index contributed by atoms with van der Waals surface area (Å²) in [6, 6.07) is 8.62. The molecule has 2 rings (SSSR count). The fraction of sp³-hybridized carbons (Fsp3) is 0.250. The highest BCUT2D eigenvalue weighted by atomic mass is 35.5. The van der Waals surface area contributed by atoms with Crippen LogP contribution in [-0.2, 0) is 9.59 Å². The van der Waals surface area contributed by atoms with Crippen LogP contribution in [0.4, 0.5) is 11.4 Å². The minimum Gasteiger partial charge on any atom is -0.481 e. The van der Waals surface area contributed by atoms with E-state index in [1.54, 1.807) is 26.0 Å². The third-order valence-corrected chi connectivity index (χ3v) is 4.51. The average Bonchev–Trinajstić information content (AvgIpc) is 2.67. The van der Waals surface area contributed by atoms with Crippen LogP contribution in [0, 0.1) is 16.0 Å². The molecular formula is C20H20ClN3O6. The fourth-order valence-corrected chi connectivity index (χ4v) is 2.84. The molecule has 9 nitrogen and oxygen atoms in total. The number of aliphatic carboxylic acids is 1. The molecule has 2 amide bonds. The van der Waals surface area contributed by atoms with E-state index < -0.39 is 29.3 Å². The van der Waals surface area contributed by atoms with E-state index in [0.717, 1.165) is 6.07 Å². The monoisotopic (exact) mass is 433 g/mol. The second-order valence-corrected chi connectivity index (χ2v) is 7.22. The summed E-state index contributed by atoms with van der Waals surface area (Å²) in [5.74, 6) is -2.32. The quantitative estimate of drug-likeness (QED) is 0.427. The third kappa shape index (κ3) is 6.02. The van der Waals surface area contributed by atoms with Crippen LogP contribution in [0.1, 0.15) is 42.2 Å². The average molecular weight is 434 g/mol. The Bertz CT molecular complexity index is 992. The highest BCUT2D eigenvalue weighted by Crippen LogP contribution is 2.29. The molecule has 0 saturated heterocycles. The van der Waals surface area contributed by atoms with Gasteiger partial charge in [0.2, 0.25) is 5.91 Å². The first-order chi connectivity index (χ1) is 14.1. The van der Waals surface area contributed by atoms with Crippen molar-refractivity contribution in [1.29, 1.82) is 0 Å². The van der Waals surface area contributed by atoms with Crippen molar-refractivity contribution < 1.29 is 24.4 Å². The molecule has 1 atom stereocenters. The minimum atomic E-state index is -1.22. The summed E-state index contributed by atoms with van der Waals surface area (Å²) in [5.41, 5.74) is 0.418. The molecule has 0 aromatic heterocycles. The Morgan fingerprint density at radius 1 is 1.17 bits per heavy atom. The number of amides is 2. The first-order valence-electron chi connectivity index (χ1n) is 8.96. The van der Waals surface area contributed by atoms with E-state index in [-0.39, 0.29) is 33.7 Å². The Morgan fingerprint density at radius 2 is 1.87 bits per heavy atom. The van der Waals surface area contributed by atoms with Crippen molar-refractivity contribution in [2.75, 3.05) is 5.32 Å². The third-order valence-electron chi connectivity index (χ3n) is 4.17. The molecule has 0 bridgehead atoms. The molecule has 0 radical (unpaired) electrons. The number of carbonyl (C=O) groups excluding carboxylic acids is 2. The number of carboxylic acids is 1. The lowest BCUT2D eigenvalue weighted by Crippen LogP contribution is -2.30. The highest BCUT2D eigenvalue weighted by Gasteiger charge is 2.23. The number of rotatable bonds is 8. The number of halogens is 1. The van der Waals surface area contributed by atoms with E-state index in [9.17, 15) is 29.6 Å². The number of anilines is 1. The number of nitro benzene ring substituents is 1. The topological polar surface area (TPSA) is 139 Å². The van der Waals surface area contributed by atoms with Crippen LogP contribution in [-0.4, -0.2) is 27.8 Å². The van der Waals surface area contributed by atoms with Gasteiger partial charge in [-0.3, -0.25) is 24.5 Å². The zero-order chi connectivity index (χ0) is 22.4. The summed E-state index contributed by atoms with van der Waals surface area (Å²) in [6.07, 6.45) is -0.531. The molecule has 3 N–H and O–H groups in total. The summed E-state index contributed by atoms with van der Waals surface area (Å²) in [4.78, 5) is 46.3. The number of benzene rings is 2. The standard InChI is InChI=1S/C20H20ClN3O6/c1-11(2)19(27)22-13-5-3-4-12(8-13)20(28)23-17(10-18(25)26)15-9-14(24(29)30)6-7-16(15)21/h3-9,11,17H,10H2,1-2H3,(H,22,27)(H,23,28)(H,25,26). The van der Waals surface area contributed by atoms with Gasteiger partial charge >= 0.3 is 5.97 Å². The molecule has 2 aromatic carbocycles. The van der Waals surface area contributed by atoms with Crippen LogP contribution in [0.15, 0.2) is 42.5 Å². The van der Waals surface area contributed by atoms with Crippen molar-refractivity contribution in [2.45, 2.75) is 26.3 Å². The van der Waals surface area contributed by atoms with Crippen LogP contribution in [0.2, 0.25) is 5.02 Å². The van der Waals surface area contributed by atoms with E-state index >= 15 is 0 Å². The zero-order valence-electron chi connectivity index (χ0n) is 16.2. The summed E-state index contributed by atoms with van der Waals surface area (Å²) >= 11 is 6.11. The zero-order valence-corrected chi connectivity index (χ0v) is 17.0.